The largest absolute Gasteiger partial charge is 0.497 e. The second-order valence-electron chi connectivity index (χ2n) is 9.83. The van der Waals surface area contributed by atoms with Crippen molar-refractivity contribution in [1.29, 1.82) is 0 Å². The lowest BCUT2D eigenvalue weighted by Gasteiger charge is -2.33. The van der Waals surface area contributed by atoms with Crippen LogP contribution < -0.4 is 9.64 Å². The molecule has 6 heteroatoms. The van der Waals surface area contributed by atoms with Crippen LogP contribution >= 0.6 is 0 Å². The number of anilines is 1. The summed E-state index contributed by atoms with van der Waals surface area (Å²) in [5, 5.41) is 8.98. The van der Waals surface area contributed by atoms with Crippen molar-refractivity contribution in [1.82, 2.24) is 15.2 Å². The number of nitrogens with one attached hydrogen (secondary N) is 1. The zero-order chi connectivity index (χ0) is 22.6. The number of benzene rings is 2. The van der Waals surface area contributed by atoms with E-state index in [0.717, 1.165) is 58.2 Å². The predicted octanol–water partition coefficient (Wildman–Crippen LogP) is 6.39. The van der Waals surface area contributed by atoms with Crippen molar-refractivity contribution in [3.8, 4) is 16.9 Å². The van der Waals surface area contributed by atoms with E-state index in [1.165, 1.54) is 32.1 Å². The maximum absolute atomic E-state index is 16.5. The molecule has 3 heterocycles. The molecule has 1 aliphatic heterocycles. The Morgan fingerprint density at radius 2 is 1.88 bits per heavy atom. The fourth-order valence-corrected chi connectivity index (χ4v) is 6.07. The highest BCUT2D eigenvalue weighted by atomic mass is 19.1. The Morgan fingerprint density at radius 1 is 1.03 bits per heavy atom. The van der Waals surface area contributed by atoms with E-state index >= 15 is 4.39 Å². The van der Waals surface area contributed by atoms with Gasteiger partial charge in [-0.15, -0.1) is 0 Å². The molecule has 1 aliphatic carbocycles. The van der Waals surface area contributed by atoms with Crippen molar-refractivity contribution in [2.24, 2.45) is 5.41 Å². The Balaban J connectivity index is 1.58. The fraction of sp³-hybridized carbons (Fsp3) is 0.407. The lowest BCUT2D eigenvalue weighted by Crippen LogP contribution is -2.30. The van der Waals surface area contributed by atoms with Gasteiger partial charge >= 0.3 is 0 Å². The minimum Gasteiger partial charge on any atom is -0.497 e. The van der Waals surface area contributed by atoms with Crippen LogP contribution in [0.1, 0.15) is 44.1 Å². The molecular formula is C27H29FN4O. The minimum atomic E-state index is -0.239. The summed E-state index contributed by atoms with van der Waals surface area (Å²) in [6.07, 6.45) is 9.29. The molecule has 1 spiro atoms. The number of rotatable bonds is 3. The third-order valence-corrected chi connectivity index (χ3v) is 7.85. The van der Waals surface area contributed by atoms with Gasteiger partial charge in [-0.25, -0.2) is 9.37 Å². The van der Waals surface area contributed by atoms with Crippen LogP contribution in [0.15, 0.2) is 36.5 Å². The zero-order valence-electron chi connectivity index (χ0n) is 19.2. The molecule has 1 saturated carbocycles. The molecule has 0 atom stereocenters. The summed E-state index contributed by atoms with van der Waals surface area (Å²) in [5.41, 5.74) is 4.47. The number of methoxy groups -OCH3 is 1. The topological polar surface area (TPSA) is 54.0 Å². The van der Waals surface area contributed by atoms with Gasteiger partial charge in [0.05, 0.1) is 24.3 Å². The maximum Gasteiger partial charge on any atom is 0.174 e. The molecular weight excluding hydrogens is 415 g/mol. The van der Waals surface area contributed by atoms with Gasteiger partial charge < -0.3 is 9.64 Å². The molecule has 4 aromatic rings. The van der Waals surface area contributed by atoms with Crippen molar-refractivity contribution in [3.05, 3.63) is 47.9 Å². The molecule has 5 nitrogen and oxygen atoms in total. The summed E-state index contributed by atoms with van der Waals surface area (Å²) in [7, 11) is 1.65. The Kier molecular flexibility index (Phi) is 4.78. The van der Waals surface area contributed by atoms with Crippen molar-refractivity contribution in [2.45, 2.75) is 45.4 Å². The highest BCUT2D eigenvalue weighted by molar-refractivity contribution is 6.06. The number of nitrogens with zero attached hydrogens (tertiary/aromatic N) is 3. The van der Waals surface area contributed by atoms with Crippen LogP contribution in [0.3, 0.4) is 0 Å². The number of fused-ring (bicyclic) bond motifs is 2. The monoisotopic (exact) mass is 444 g/mol. The number of aromatic amines is 1. The van der Waals surface area contributed by atoms with Crippen molar-refractivity contribution in [3.63, 3.8) is 0 Å². The SMILES string of the molecule is COc1ccc2c(-c3c(C)ccc4[nH]ncc34)c(F)c(N3CCC4(CCCCC4)C3)nc2c1. The molecule has 2 fully saturated rings. The number of aryl methyl sites for hydroxylation is 1. The van der Waals surface area contributed by atoms with Gasteiger partial charge in [-0.1, -0.05) is 25.3 Å². The summed E-state index contributed by atoms with van der Waals surface area (Å²) in [5.74, 6) is 0.951. The molecule has 0 bridgehead atoms. The van der Waals surface area contributed by atoms with Crippen LogP contribution in [-0.4, -0.2) is 35.4 Å². The smallest absolute Gasteiger partial charge is 0.174 e. The van der Waals surface area contributed by atoms with E-state index < -0.39 is 0 Å². The third kappa shape index (κ3) is 3.26. The number of ether oxygens (including phenoxy) is 1. The summed E-state index contributed by atoms with van der Waals surface area (Å²) in [6, 6.07) is 9.75. The molecule has 1 N–H and O–H groups in total. The van der Waals surface area contributed by atoms with Crippen molar-refractivity contribution >= 4 is 27.6 Å². The molecule has 170 valence electrons. The first-order valence-corrected chi connectivity index (χ1v) is 11.9. The molecule has 1 saturated heterocycles. The standard InChI is InChI=1S/C27H29FN4O/c1-17-6-9-21-20(15-29-31-21)23(17)24-19-8-7-18(33-2)14-22(19)30-26(25(24)28)32-13-12-27(16-32)10-4-3-5-11-27/h6-9,14-15H,3-5,10-13,16H2,1-2H3,(H,29,31). The third-order valence-electron chi connectivity index (χ3n) is 7.85. The van der Waals surface area contributed by atoms with E-state index in [9.17, 15) is 0 Å². The van der Waals surface area contributed by atoms with E-state index in [0.29, 0.717) is 16.8 Å². The number of hydrogen-bond donors (Lipinski definition) is 1. The number of aromatic nitrogens is 3. The van der Waals surface area contributed by atoms with Crippen molar-refractivity contribution in [2.75, 3.05) is 25.1 Å². The number of H-pyrrole nitrogens is 1. The van der Waals surface area contributed by atoms with E-state index in [1.807, 2.05) is 37.3 Å². The summed E-state index contributed by atoms with van der Waals surface area (Å²) < 4.78 is 22.0. The second-order valence-corrected chi connectivity index (χ2v) is 9.83. The minimum absolute atomic E-state index is 0.239. The zero-order valence-corrected chi connectivity index (χ0v) is 19.2. The van der Waals surface area contributed by atoms with E-state index in [-0.39, 0.29) is 5.82 Å². The summed E-state index contributed by atoms with van der Waals surface area (Å²) in [4.78, 5) is 7.06. The molecule has 2 aromatic heterocycles. The van der Waals surface area contributed by atoms with Gasteiger partial charge in [0.2, 0.25) is 0 Å². The van der Waals surface area contributed by atoms with Gasteiger partial charge in [-0.3, -0.25) is 5.10 Å². The Bertz CT molecular complexity index is 1360. The quantitative estimate of drug-likeness (QED) is 0.398. The molecule has 6 rings (SSSR count). The van der Waals surface area contributed by atoms with Crippen LogP contribution in [0.2, 0.25) is 0 Å². The van der Waals surface area contributed by atoms with E-state index in [2.05, 4.69) is 15.1 Å². The van der Waals surface area contributed by atoms with Crippen LogP contribution in [0.5, 0.6) is 5.75 Å². The average Bonchev–Trinajstić information content (AvgIpc) is 3.47. The Morgan fingerprint density at radius 3 is 2.70 bits per heavy atom. The van der Waals surface area contributed by atoms with Crippen LogP contribution in [0.25, 0.3) is 32.9 Å². The van der Waals surface area contributed by atoms with Crippen LogP contribution in [0.4, 0.5) is 10.2 Å². The first-order valence-electron chi connectivity index (χ1n) is 11.9. The molecule has 2 aromatic carbocycles. The number of hydrogen-bond acceptors (Lipinski definition) is 4. The van der Waals surface area contributed by atoms with E-state index in [4.69, 9.17) is 9.72 Å². The highest BCUT2D eigenvalue weighted by Crippen LogP contribution is 2.47. The molecule has 33 heavy (non-hydrogen) atoms. The maximum atomic E-state index is 16.5. The second kappa shape index (κ2) is 7.72. The Labute approximate surface area is 193 Å². The van der Waals surface area contributed by atoms with Gasteiger partial charge in [-0.05, 0) is 60.9 Å². The summed E-state index contributed by atoms with van der Waals surface area (Å²) >= 11 is 0. The van der Waals surface area contributed by atoms with Crippen molar-refractivity contribution < 1.29 is 9.13 Å². The lowest BCUT2D eigenvalue weighted by molar-refractivity contribution is 0.219. The highest BCUT2D eigenvalue weighted by Gasteiger charge is 2.40. The van der Waals surface area contributed by atoms with Gasteiger partial charge in [-0.2, -0.15) is 5.10 Å². The van der Waals surface area contributed by atoms with Gasteiger partial charge in [0.1, 0.15) is 5.75 Å². The summed E-state index contributed by atoms with van der Waals surface area (Å²) in [6.45, 7) is 3.78. The molecule has 0 radical (unpaired) electrons. The lowest BCUT2D eigenvalue weighted by atomic mass is 9.73. The molecule has 2 aliphatic rings. The Hall–Kier alpha value is -3.15. The molecule has 0 unspecified atom stereocenters. The van der Waals surface area contributed by atoms with Crippen LogP contribution in [0, 0.1) is 18.2 Å². The predicted molar refractivity (Wildman–Crippen MR) is 130 cm³/mol. The van der Waals surface area contributed by atoms with E-state index in [1.54, 1.807) is 13.3 Å². The van der Waals surface area contributed by atoms with Gasteiger partial charge in [0.15, 0.2) is 11.6 Å². The average molecular weight is 445 g/mol. The van der Waals surface area contributed by atoms with Crippen LogP contribution in [-0.2, 0) is 0 Å². The first kappa shape index (κ1) is 20.5. The van der Waals surface area contributed by atoms with Gasteiger partial charge in [0.25, 0.3) is 0 Å². The molecule has 0 amide bonds. The fourth-order valence-electron chi connectivity index (χ4n) is 6.07. The number of pyridine rings is 1. The normalized spacial score (nSPS) is 18.0. The number of halogens is 1. The first-order chi connectivity index (χ1) is 16.1. The van der Waals surface area contributed by atoms with Gasteiger partial charge in [0, 0.05) is 35.5 Å².